The number of aliphatic hydroxyl groups excluding tert-OH is 3. The van der Waals surface area contributed by atoms with Crippen LogP contribution < -0.4 is 5.73 Å². The SMILES string of the molecule is N[C@@H]1C[C@H](O)[C@H](O)[C@H]1O. The Hall–Kier alpha value is -0.160. The second kappa shape index (κ2) is 2.22. The van der Waals surface area contributed by atoms with Crippen molar-refractivity contribution in [3.05, 3.63) is 0 Å². The normalized spacial score (nSPS) is 52.0. The van der Waals surface area contributed by atoms with E-state index in [0.29, 0.717) is 0 Å². The number of rotatable bonds is 0. The Morgan fingerprint density at radius 2 is 1.67 bits per heavy atom. The highest BCUT2D eigenvalue weighted by molar-refractivity contribution is 4.93. The van der Waals surface area contributed by atoms with Gasteiger partial charge in [-0.05, 0) is 6.42 Å². The van der Waals surface area contributed by atoms with E-state index in [0.717, 1.165) is 0 Å². The van der Waals surface area contributed by atoms with Crippen LogP contribution in [0.4, 0.5) is 0 Å². The molecular formula is C5H11NO3. The van der Waals surface area contributed by atoms with Crippen molar-refractivity contribution in [2.45, 2.75) is 30.8 Å². The average molecular weight is 133 g/mol. The molecule has 4 nitrogen and oxygen atoms in total. The maximum absolute atomic E-state index is 8.90. The van der Waals surface area contributed by atoms with Gasteiger partial charge in [0.05, 0.1) is 12.2 Å². The summed E-state index contributed by atoms with van der Waals surface area (Å²) in [4.78, 5) is 0. The van der Waals surface area contributed by atoms with E-state index in [1.807, 2.05) is 0 Å². The summed E-state index contributed by atoms with van der Waals surface area (Å²) >= 11 is 0. The van der Waals surface area contributed by atoms with E-state index in [1.54, 1.807) is 0 Å². The van der Waals surface area contributed by atoms with Gasteiger partial charge in [-0.1, -0.05) is 0 Å². The predicted octanol–water partition coefficient (Wildman–Crippen LogP) is -2.20. The second-order valence-electron chi connectivity index (χ2n) is 2.45. The Bertz CT molecular complexity index is 96.4. The third kappa shape index (κ3) is 1.07. The molecular weight excluding hydrogens is 122 g/mol. The summed E-state index contributed by atoms with van der Waals surface area (Å²) in [7, 11) is 0. The highest BCUT2D eigenvalue weighted by Crippen LogP contribution is 2.18. The van der Waals surface area contributed by atoms with E-state index < -0.39 is 24.4 Å². The molecule has 0 bridgehead atoms. The van der Waals surface area contributed by atoms with Crippen LogP contribution in [0.3, 0.4) is 0 Å². The van der Waals surface area contributed by atoms with E-state index in [-0.39, 0.29) is 6.42 Å². The van der Waals surface area contributed by atoms with E-state index >= 15 is 0 Å². The average Bonchev–Trinajstić information content (AvgIpc) is 1.98. The molecule has 0 aliphatic heterocycles. The standard InChI is InChI=1S/C5H11NO3/c6-2-1-3(7)5(9)4(2)8/h2-5,7-9H,1,6H2/t2-,3+,4+,5+/m1/s1. The molecule has 1 aliphatic carbocycles. The molecule has 0 aromatic rings. The molecule has 5 N–H and O–H groups in total. The zero-order valence-corrected chi connectivity index (χ0v) is 4.94. The van der Waals surface area contributed by atoms with Gasteiger partial charge in [-0.25, -0.2) is 0 Å². The van der Waals surface area contributed by atoms with Gasteiger partial charge in [0.15, 0.2) is 0 Å². The first-order valence-corrected chi connectivity index (χ1v) is 2.92. The summed E-state index contributed by atoms with van der Waals surface area (Å²) in [6, 6.07) is -0.477. The minimum Gasteiger partial charge on any atom is -0.390 e. The first kappa shape index (κ1) is 6.95. The molecule has 0 saturated heterocycles. The molecule has 0 spiro atoms. The second-order valence-corrected chi connectivity index (χ2v) is 2.45. The molecule has 4 heteroatoms. The van der Waals surface area contributed by atoms with Crippen LogP contribution in [0.1, 0.15) is 6.42 Å². The van der Waals surface area contributed by atoms with Crippen molar-refractivity contribution in [1.29, 1.82) is 0 Å². The van der Waals surface area contributed by atoms with Crippen LogP contribution in [-0.4, -0.2) is 39.7 Å². The number of aliphatic hydroxyl groups is 3. The van der Waals surface area contributed by atoms with Gasteiger partial charge >= 0.3 is 0 Å². The van der Waals surface area contributed by atoms with Gasteiger partial charge in [-0.2, -0.15) is 0 Å². The smallest absolute Gasteiger partial charge is 0.107 e. The zero-order valence-electron chi connectivity index (χ0n) is 4.94. The van der Waals surface area contributed by atoms with Crippen molar-refractivity contribution in [2.24, 2.45) is 5.73 Å². The Kier molecular flexibility index (Phi) is 1.72. The largest absolute Gasteiger partial charge is 0.390 e. The molecule has 0 unspecified atom stereocenters. The molecule has 54 valence electrons. The molecule has 0 heterocycles. The van der Waals surface area contributed by atoms with Crippen molar-refractivity contribution < 1.29 is 15.3 Å². The lowest BCUT2D eigenvalue weighted by atomic mass is 10.2. The molecule has 9 heavy (non-hydrogen) atoms. The van der Waals surface area contributed by atoms with Crippen LogP contribution in [0.5, 0.6) is 0 Å². The lowest BCUT2D eigenvalue weighted by Gasteiger charge is -2.11. The molecule has 0 radical (unpaired) electrons. The van der Waals surface area contributed by atoms with Gasteiger partial charge in [-0.3, -0.25) is 0 Å². The molecule has 4 atom stereocenters. The van der Waals surface area contributed by atoms with Gasteiger partial charge in [0.2, 0.25) is 0 Å². The van der Waals surface area contributed by atoms with Crippen molar-refractivity contribution in [3.63, 3.8) is 0 Å². The van der Waals surface area contributed by atoms with Crippen LogP contribution in [0, 0.1) is 0 Å². The Morgan fingerprint density at radius 3 is 1.78 bits per heavy atom. The van der Waals surface area contributed by atoms with Crippen LogP contribution in [-0.2, 0) is 0 Å². The fraction of sp³-hybridized carbons (Fsp3) is 1.00. The van der Waals surface area contributed by atoms with Crippen LogP contribution in [0.25, 0.3) is 0 Å². The summed E-state index contributed by atoms with van der Waals surface area (Å²) in [5.74, 6) is 0. The van der Waals surface area contributed by atoms with Gasteiger partial charge in [-0.15, -0.1) is 0 Å². The number of hydrogen-bond acceptors (Lipinski definition) is 4. The van der Waals surface area contributed by atoms with Gasteiger partial charge in [0, 0.05) is 6.04 Å². The minimum atomic E-state index is -1.06. The van der Waals surface area contributed by atoms with Gasteiger partial charge < -0.3 is 21.1 Å². The van der Waals surface area contributed by atoms with E-state index in [1.165, 1.54) is 0 Å². The third-order valence-corrected chi connectivity index (χ3v) is 1.70. The molecule has 0 aromatic heterocycles. The highest BCUT2D eigenvalue weighted by atomic mass is 16.4. The Morgan fingerprint density at radius 1 is 1.11 bits per heavy atom. The molecule has 1 aliphatic rings. The molecule has 1 fully saturated rings. The summed E-state index contributed by atoms with van der Waals surface area (Å²) in [6.07, 6.45) is -2.59. The first-order valence-electron chi connectivity index (χ1n) is 2.92. The highest BCUT2D eigenvalue weighted by Gasteiger charge is 2.38. The first-order chi connectivity index (χ1) is 4.13. The fourth-order valence-electron chi connectivity index (χ4n) is 1.04. The maximum atomic E-state index is 8.90. The monoisotopic (exact) mass is 133 g/mol. The summed E-state index contributed by atoms with van der Waals surface area (Å²) in [6.45, 7) is 0. The van der Waals surface area contributed by atoms with Crippen molar-refractivity contribution in [1.82, 2.24) is 0 Å². The van der Waals surface area contributed by atoms with Crippen LogP contribution in [0.15, 0.2) is 0 Å². The zero-order chi connectivity index (χ0) is 7.02. The maximum Gasteiger partial charge on any atom is 0.107 e. The van der Waals surface area contributed by atoms with Crippen LogP contribution >= 0.6 is 0 Å². The van der Waals surface area contributed by atoms with Crippen molar-refractivity contribution >= 4 is 0 Å². The minimum absolute atomic E-state index is 0.280. The molecule has 1 rings (SSSR count). The lowest BCUT2D eigenvalue weighted by molar-refractivity contribution is -0.0205. The van der Waals surface area contributed by atoms with E-state index in [2.05, 4.69) is 0 Å². The summed E-state index contributed by atoms with van der Waals surface area (Å²) in [5, 5.41) is 26.6. The van der Waals surface area contributed by atoms with E-state index in [4.69, 9.17) is 21.1 Å². The molecule has 0 amide bonds. The van der Waals surface area contributed by atoms with Gasteiger partial charge in [0.1, 0.15) is 6.10 Å². The summed E-state index contributed by atoms with van der Waals surface area (Å²) < 4.78 is 0. The third-order valence-electron chi connectivity index (χ3n) is 1.70. The fourth-order valence-corrected chi connectivity index (χ4v) is 1.04. The number of nitrogens with two attached hydrogens (primary N) is 1. The van der Waals surface area contributed by atoms with Gasteiger partial charge in [0.25, 0.3) is 0 Å². The Labute approximate surface area is 52.9 Å². The topological polar surface area (TPSA) is 86.7 Å². The van der Waals surface area contributed by atoms with Crippen LogP contribution in [0.2, 0.25) is 0 Å². The summed E-state index contributed by atoms with van der Waals surface area (Å²) in [5.41, 5.74) is 5.29. The lowest BCUT2D eigenvalue weighted by Crippen LogP contribution is -2.36. The van der Waals surface area contributed by atoms with Crippen molar-refractivity contribution in [3.8, 4) is 0 Å². The molecule has 1 saturated carbocycles. The predicted molar refractivity (Wildman–Crippen MR) is 30.6 cm³/mol. The number of hydrogen-bond donors (Lipinski definition) is 4. The van der Waals surface area contributed by atoms with Crippen molar-refractivity contribution in [2.75, 3.05) is 0 Å². The molecule has 0 aromatic carbocycles. The quantitative estimate of drug-likeness (QED) is 0.302. The van der Waals surface area contributed by atoms with E-state index in [9.17, 15) is 0 Å². The Balaban J connectivity index is 2.54.